The zero-order valence-electron chi connectivity index (χ0n) is 19.2. The van der Waals surface area contributed by atoms with E-state index < -0.39 is 0 Å². The highest BCUT2D eigenvalue weighted by molar-refractivity contribution is 5.78. The minimum Gasteiger partial charge on any atom is -0.437 e. The van der Waals surface area contributed by atoms with Gasteiger partial charge in [-0.25, -0.2) is 0 Å². The molecule has 6 heteroatoms. The summed E-state index contributed by atoms with van der Waals surface area (Å²) in [7, 11) is 0. The lowest BCUT2D eigenvalue weighted by Crippen LogP contribution is -2.08. The van der Waals surface area contributed by atoms with Gasteiger partial charge in [-0.15, -0.1) is 0 Å². The van der Waals surface area contributed by atoms with Crippen molar-refractivity contribution in [2.45, 2.75) is 12.8 Å². The molecule has 0 aliphatic heterocycles. The molecule has 0 saturated carbocycles. The first-order valence-electron chi connectivity index (χ1n) is 11.6. The van der Waals surface area contributed by atoms with Gasteiger partial charge >= 0.3 is 0 Å². The molecule has 2 aromatic heterocycles. The van der Waals surface area contributed by atoms with Gasteiger partial charge in [0, 0.05) is 11.1 Å². The van der Waals surface area contributed by atoms with Crippen LogP contribution in [0.3, 0.4) is 0 Å². The highest BCUT2D eigenvalue weighted by Gasteiger charge is 2.11. The molecule has 0 unspecified atom stereocenters. The van der Waals surface area contributed by atoms with E-state index in [1.165, 1.54) is 0 Å². The molecule has 6 aromatic rings. The summed E-state index contributed by atoms with van der Waals surface area (Å²) >= 11 is 0. The van der Waals surface area contributed by atoms with Crippen LogP contribution in [0.4, 0.5) is 0 Å². The van der Waals surface area contributed by atoms with Crippen LogP contribution in [0.5, 0.6) is 0 Å². The maximum atomic E-state index is 12.7. The van der Waals surface area contributed by atoms with Crippen molar-refractivity contribution in [1.29, 1.82) is 0 Å². The third-order valence-corrected chi connectivity index (χ3v) is 6.11. The Balaban J connectivity index is 1.25. The summed E-state index contributed by atoms with van der Waals surface area (Å²) in [6, 6.07) is 29.9. The Morgan fingerprint density at radius 3 is 1.36 bits per heavy atom. The van der Waals surface area contributed by atoms with Gasteiger partial charge < -0.3 is 8.83 Å². The van der Waals surface area contributed by atoms with Crippen molar-refractivity contribution < 1.29 is 8.83 Å². The molecule has 6 nitrogen and oxygen atoms in total. The summed E-state index contributed by atoms with van der Waals surface area (Å²) in [6.07, 6.45) is 1.37. The van der Waals surface area contributed by atoms with E-state index in [2.05, 4.69) is 9.97 Å². The number of benzene rings is 4. The zero-order valence-corrected chi connectivity index (χ0v) is 19.2. The van der Waals surface area contributed by atoms with Crippen LogP contribution in [0, 0.1) is 0 Å². The molecule has 0 aliphatic rings. The van der Waals surface area contributed by atoms with Gasteiger partial charge in [-0.05, 0) is 72.5 Å². The summed E-state index contributed by atoms with van der Waals surface area (Å²) in [5.41, 5.74) is 3.84. The van der Waals surface area contributed by atoms with Crippen LogP contribution in [0.15, 0.2) is 115 Å². The highest BCUT2D eigenvalue weighted by atomic mass is 16.3. The van der Waals surface area contributed by atoms with Crippen molar-refractivity contribution in [1.82, 2.24) is 9.97 Å². The van der Waals surface area contributed by atoms with Crippen LogP contribution in [0.1, 0.15) is 11.1 Å². The number of aryl methyl sites for hydroxylation is 2. The van der Waals surface area contributed by atoms with E-state index in [4.69, 9.17) is 8.83 Å². The molecule has 174 valence electrons. The van der Waals surface area contributed by atoms with Gasteiger partial charge in [-0.2, -0.15) is 9.97 Å². The van der Waals surface area contributed by atoms with E-state index in [1.807, 2.05) is 97.1 Å². The van der Waals surface area contributed by atoms with E-state index in [0.29, 0.717) is 46.6 Å². The molecule has 2 heterocycles. The van der Waals surface area contributed by atoms with E-state index in [0.717, 1.165) is 22.3 Å². The Hall–Kier alpha value is -4.84. The molecule has 6 rings (SSSR count). The van der Waals surface area contributed by atoms with Gasteiger partial charge in [0.1, 0.15) is 11.2 Å². The van der Waals surface area contributed by atoms with Crippen molar-refractivity contribution in [3.63, 3.8) is 0 Å². The lowest BCUT2D eigenvalue weighted by atomic mass is 10.0. The van der Waals surface area contributed by atoms with E-state index in [1.54, 1.807) is 0 Å². The van der Waals surface area contributed by atoms with Crippen LogP contribution in [0.2, 0.25) is 0 Å². The monoisotopic (exact) mass is 472 g/mol. The maximum absolute atomic E-state index is 12.7. The number of nitrogens with zero attached hydrogens (tertiary/aromatic N) is 2. The third-order valence-electron chi connectivity index (χ3n) is 6.11. The summed E-state index contributed by atoms with van der Waals surface area (Å²) in [4.78, 5) is 33.6. The molecule has 0 N–H and O–H groups in total. The van der Waals surface area contributed by atoms with E-state index in [9.17, 15) is 9.59 Å². The van der Waals surface area contributed by atoms with Crippen LogP contribution >= 0.6 is 0 Å². The van der Waals surface area contributed by atoms with Crippen LogP contribution in [-0.4, -0.2) is 9.97 Å². The van der Waals surface area contributed by atoms with Gasteiger partial charge in [-0.1, -0.05) is 48.5 Å². The largest absolute Gasteiger partial charge is 0.437 e. The Bertz CT molecular complexity index is 1690. The molecule has 0 aliphatic carbocycles. The number of rotatable bonds is 5. The van der Waals surface area contributed by atoms with Gasteiger partial charge in [0.2, 0.25) is 11.8 Å². The maximum Gasteiger partial charge on any atom is 0.284 e. The zero-order chi connectivity index (χ0) is 24.5. The fourth-order valence-corrected chi connectivity index (χ4v) is 4.23. The summed E-state index contributed by atoms with van der Waals surface area (Å²) in [5.74, 6) is 0.611. The summed E-state index contributed by atoms with van der Waals surface area (Å²) in [5, 5.41) is 0.896. The lowest BCUT2D eigenvalue weighted by molar-refractivity contribution is 0.594. The van der Waals surface area contributed by atoms with E-state index >= 15 is 0 Å². The van der Waals surface area contributed by atoms with Gasteiger partial charge in [0.15, 0.2) is 0 Å². The lowest BCUT2D eigenvalue weighted by Gasteiger charge is -2.07. The molecule has 0 saturated heterocycles. The number of aromatic nitrogens is 2. The standard InChI is InChI=1S/C30H20N2O4/c33-27-23-17-19(13-15-25(23)35-29(31-27)21-7-3-1-4-8-21)11-12-20-14-16-26-24(18-20)28(34)32-30(36-26)22-9-5-2-6-10-22/h1-10,13-18H,11-12H2. The minimum atomic E-state index is -0.319. The van der Waals surface area contributed by atoms with E-state index in [-0.39, 0.29) is 11.1 Å². The fraction of sp³-hybridized carbons (Fsp3) is 0.0667. The first-order valence-corrected chi connectivity index (χ1v) is 11.6. The predicted molar refractivity (Wildman–Crippen MR) is 139 cm³/mol. The Kier molecular flexibility index (Phi) is 5.46. The number of fused-ring (bicyclic) bond motifs is 2. The SMILES string of the molecule is O=c1nc(-c2ccccc2)oc2ccc(CCc3ccc4oc(-c5ccccc5)nc(=O)c4c3)cc12. The molecular weight excluding hydrogens is 452 g/mol. The quantitative estimate of drug-likeness (QED) is 0.315. The highest BCUT2D eigenvalue weighted by Crippen LogP contribution is 2.23. The molecule has 0 amide bonds. The predicted octanol–water partition coefficient (Wildman–Crippen LogP) is 5.81. The molecule has 0 radical (unpaired) electrons. The molecule has 0 atom stereocenters. The van der Waals surface area contributed by atoms with Crippen molar-refractivity contribution >= 4 is 21.9 Å². The van der Waals surface area contributed by atoms with Crippen molar-refractivity contribution in [2.75, 3.05) is 0 Å². The van der Waals surface area contributed by atoms with Crippen LogP contribution < -0.4 is 11.1 Å². The van der Waals surface area contributed by atoms with Crippen molar-refractivity contribution in [2.24, 2.45) is 0 Å². The summed E-state index contributed by atoms with van der Waals surface area (Å²) in [6.45, 7) is 0. The minimum absolute atomic E-state index is 0.305. The summed E-state index contributed by atoms with van der Waals surface area (Å²) < 4.78 is 11.8. The smallest absolute Gasteiger partial charge is 0.284 e. The topological polar surface area (TPSA) is 86.2 Å². The first kappa shape index (κ1) is 21.7. The van der Waals surface area contributed by atoms with Gasteiger partial charge in [-0.3, -0.25) is 9.59 Å². The van der Waals surface area contributed by atoms with Crippen molar-refractivity contribution in [3.8, 4) is 22.9 Å². The molecule has 0 bridgehead atoms. The third kappa shape index (κ3) is 4.20. The average Bonchev–Trinajstić information content (AvgIpc) is 2.93. The Morgan fingerprint density at radius 2 is 0.944 bits per heavy atom. The van der Waals surface area contributed by atoms with Crippen molar-refractivity contribution in [3.05, 3.63) is 129 Å². The first-order chi connectivity index (χ1) is 17.6. The second-order valence-corrected chi connectivity index (χ2v) is 8.54. The molecule has 36 heavy (non-hydrogen) atoms. The molecule has 0 spiro atoms. The second kappa shape index (κ2) is 9.07. The normalized spacial score (nSPS) is 11.2. The fourth-order valence-electron chi connectivity index (χ4n) is 4.23. The second-order valence-electron chi connectivity index (χ2n) is 8.54. The number of hydrogen-bond acceptors (Lipinski definition) is 6. The Morgan fingerprint density at radius 1 is 0.528 bits per heavy atom. The van der Waals surface area contributed by atoms with Gasteiger partial charge in [0.25, 0.3) is 11.1 Å². The van der Waals surface area contributed by atoms with Crippen LogP contribution in [-0.2, 0) is 12.8 Å². The van der Waals surface area contributed by atoms with Crippen LogP contribution in [0.25, 0.3) is 44.8 Å². The Labute approximate surface area is 205 Å². The molecular formula is C30H20N2O4. The number of hydrogen-bond donors (Lipinski definition) is 0. The molecule has 4 aromatic carbocycles. The average molecular weight is 473 g/mol. The molecule has 0 fully saturated rings. The van der Waals surface area contributed by atoms with Gasteiger partial charge in [0.05, 0.1) is 10.8 Å².